The third-order valence-electron chi connectivity index (χ3n) is 5.62. The lowest BCUT2D eigenvalue weighted by Crippen LogP contribution is -2.40. The standard InChI is InChI=1S/C23H25F2N3O4/c24-18-8-7-14(12-19(18)25)27-22(29)17-6-3-5-16-20(9-11-31-21(16)17)28-23(30)32-13-15-4-1-2-10-26-15/h3,5-8,12,15,20,26H,1-2,4,9-11,13H2,(H,27,29)(H,28,30)/t15?,20-/m0/s1. The van der Waals surface area contributed by atoms with Gasteiger partial charge in [0.05, 0.1) is 18.2 Å². The fourth-order valence-electron chi connectivity index (χ4n) is 3.95. The molecule has 4 rings (SSSR count). The highest BCUT2D eigenvalue weighted by atomic mass is 19.2. The third-order valence-corrected chi connectivity index (χ3v) is 5.62. The van der Waals surface area contributed by atoms with Crippen LogP contribution < -0.4 is 20.7 Å². The van der Waals surface area contributed by atoms with Crippen LogP contribution in [0.15, 0.2) is 36.4 Å². The highest BCUT2D eigenvalue weighted by Gasteiger charge is 2.28. The van der Waals surface area contributed by atoms with E-state index >= 15 is 0 Å². The van der Waals surface area contributed by atoms with Gasteiger partial charge in [-0.25, -0.2) is 13.6 Å². The predicted molar refractivity (Wildman–Crippen MR) is 114 cm³/mol. The number of nitrogens with one attached hydrogen (secondary N) is 3. The first-order chi connectivity index (χ1) is 15.5. The Bertz CT molecular complexity index is 995. The Kier molecular flexibility index (Phi) is 6.84. The quantitative estimate of drug-likeness (QED) is 0.650. The van der Waals surface area contributed by atoms with E-state index in [2.05, 4.69) is 16.0 Å². The van der Waals surface area contributed by atoms with Gasteiger partial charge in [0.1, 0.15) is 12.4 Å². The van der Waals surface area contributed by atoms with Gasteiger partial charge in [0.15, 0.2) is 11.6 Å². The molecule has 1 saturated heterocycles. The summed E-state index contributed by atoms with van der Waals surface area (Å²) in [5, 5.41) is 8.72. The van der Waals surface area contributed by atoms with Gasteiger partial charge in [-0.3, -0.25) is 4.79 Å². The number of ether oxygens (including phenoxy) is 2. The van der Waals surface area contributed by atoms with Crippen molar-refractivity contribution in [3.63, 3.8) is 0 Å². The van der Waals surface area contributed by atoms with E-state index in [0.29, 0.717) is 30.9 Å². The topological polar surface area (TPSA) is 88.7 Å². The van der Waals surface area contributed by atoms with Crippen LogP contribution in [0.5, 0.6) is 5.75 Å². The SMILES string of the molecule is O=C(N[C@H]1CCOc2c(C(=O)Nc3ccc(F)c(F)c3)cccc21)OCC1CCCCN1. The minimum Gasteiger partial charge on any atom is -0.492 e. The lowest BCUT2D eigenvalue weighted by molar-refractivity contribution is 0.102. The van der Waals surface area contributed by atoms with Crippen LogP contribution in [-0.2, 0) is 4.74 Å². The Morgan fingerprint density at radius 2 is 2.00 bits per heavy atom. The Hall–Kier alpha value is -3.20. The monoisotopic (exact) mass is 445 g/mol. The average molecular weight is 445 g/mol. The highest BCUT2D eigenvalue weighted by Crippen LogP contribution is 2.35. The summed E-state index contributed by atoms with van der Waals surface area (Å²) in [4.78, 5) is 25.1. The molecule has 0 saturated carbocycles. The van der Waals surface area contributed by atoms with Crippen LogP contribution >= 0.6 is 0 Å². The molecule has 2 amide bonds. The number of carbonyl (C=O) groups excluding carboxylic acids is 2. The van der Waals surface area contributed by atoms with Gasteiger partial charge in [0.25, 0.3) is 5.91 Å². The third kappa shape index (κ3) is 5.16. The first kappa shape index (κ1) is 22.0. The zero-order valence-corrected chi connectivity index (χ0v) is 17.5. The molecule has 9 heteroatoms. The Morgan fingerprint density at radius 1 is 1.12 bits per heavy atom. The predicted octanol–water partition coefficient (Wildman–Crippen LogP) is 3.91. The number of alkyl carbamates (subject to hydrolysis) is 1. The summed E-state index contributed by atoms with van der Waals surface area (Å²) < 4.78 is 37.7. The molecule has 2 aromatic rings. The zero-order valence-electron chi connectivity index (χ0n) is 17.5. The van der Waals surface area contributed by atoms with Crippen LogP contribution in [0.2, 0.25) is 0 Å². The molecular weight excluding hydrogens is 420 g/mol. The van der Waals surface area contributed by atoms with Gasteiger partial charge in [-0.2, -0.15) is 0 Å². The maximum atomic E-state index is 13.5. The van der Waals surface area contributed by atoms with Gasteiger partial charge < -0.3 is 25.4 Å². The fourth-order valence-corrected chi connectivity index (χ4v) is 3.95. The zero-order chi connectivity index (χ0) is 22.5. The Labute approximate surface area is 184 Å². The number of hydrogen-bond acceptors (Lipinski definition) is 5. The van der Waals surface area contributed by atoms with E-state index in [1.54, 1.807) is 18.2 Å². The number of amides is 2. The smallest absolute Gasteiger partial charge is 0.407 e. The van der Waals surface area contributed by atoms with Crippen molar-refractivity contribution in [3.8, 4) is 5.75 Å². The molecule has 1 fully saturated rings. The molecule has 0 bridgehead atoms. The number of para-hydroxylation sites is 1. The van der Waals surface area contributed by atoms with Crippen molar-refractivity contribution in [2.45, 2.75) is 37.8 Å². The first-order valence-electron chi connectivity index (χ1n) is 10.7. The summed E-state index contributed by atoms with van der Waals surface area (Å²) >= 11 is 0. The van der Waals surface area contributed by atoms with Crippen LogP contribution in [0.25, 0.3) is 0 Å². The summed E-state index contributed by atoms with van der Waals surface area (Å²) in [5.74, 6) is -2.23. The maximum absolute atomic E-state index is 13.5. The molecule has 3 N–H and O–H groups in total. The van der Waals surface area contributed by atoms with E-state index < -0.39 is 23.6 Å². The number of fused-ring (bicyclic) bond motifs is 1. The molecule has 2 aliphatic rings. The molecule has 32 heavy (non-hydrogen) atoms. The Morgan fingerprint density at radius 3 is 2.78 bits per heavy atom. The van der Waals surface area contributed by atoms with Crippen LogP contribution in [0.3, 0.4) is 0 Å². The van der Waals surface area contributed by atoms with E-state index in [4.69, 9.17) is 9.47 Å². The first-order valence-corrected chi connectivity index (χ1v) is 10.7. The van der Waals surface area contributed by atoms with E-state index in [0.717, 1.165) is 37.9 Å². The van der Waals surface area contributed by atoms with Crippen LogP contribution in [-0.4, -0.2) is 37.8 Å². The average Bonchev–Trinajstić information content (AvgIpc) is 2.80. The molecule has 1 unspecified atom stereocenters. The molecule has 7 nitrogen and oxygen atoms in total. The number of hydrogen-bond donors (Lipinski definition) is 3. The number of carbonyl (C=O) groups is 2. The number of halogens is 2. The number of benzene rings is 2. The lowest BCUT2D eigenvalue weighted by Gasteiger charge is -2.28. The molecule has 2 atom stereocenters. The van der Waals surface area contributed by atoms with Crippen LogP contribution in [0.1, 0.15) is 47.6 Å². The van der Waals surface area contributed by atoms with Gasteiger partial charge in [0, 0.05) is 29.8 Å². The largest absolute Gasteiger partial charge is 0.492 e. The van der Waals surface area contributed by atoms with Gasteiger partial charge >= 0.3 is 6.09 Å². The number of rotatable bonds is 5. The summed E-state index contributed by atoms with van der Waals surface area (Å²) in [6.45, 7) is 1.54. The molecule has 0 aromatic heterocycles. The Balaban J connectivity index is 1.43. The van der Waals surface area contributed by atoms with Gasteiger partial charge in [-0.15, -0.1) is 0 Å². The minimum atomic E-state index is -1.06. The van der Waals surface area contributed by atoms with Crippen molar-refractivity contribution in [1.82, 2.24) is 10.6 Å². The highest BCUT2D eigenvalue weighted by molar-refractivity contribution is 6.06. The lowest BCUT2D eigenvalue weighted by atomic mass is 9.97. The molecular formula is C23H25F2N3O4. The van der Waals surface area contributed by atoms with E-state index in [-0.39, 0.29) is 23.3 Å². The molecule has 0 spiro atoms. The van der Waals surface area contributed by atoms with Crippen molar-refractivity contribution in [2.75, 3.05) is 25.1 Å². The molecule has 2 aliphatic heterocycles. The van der Waals surface area contributed by atoms with Crippen molar-refractivity contribution < 1.29 is 27.8 Å². The number of piperidine rings is 1. The second-order valence-electron chi connectivity index (χ2n) is 7.89. The van der Waals surface area contributed by atoms with Crippen molar-refractivity contribution in [2.24, 2.45) is 0 Å². The second-order valence-corrected chi connectivity index (χ2v) is 7.89. The van der Waals surface area contributed by atoms with Gasteiger partial charge in [0.2, 0.25) is 0 Å². The van der Waals surface area contributed by atoms with Crippen LogP contribution in [0.4, 0.5) is 19.3 Å². The van der Waals surface area contributed by atoms with E-state index in [1.807, 2.05) is 0 Å². The summed E-state index contributed by atoms with van der Waals surface area (Å²) in [7, 11) is 0. The molecule has 2 heterocycles. The second kappa shape index (κ2) is 9.95. The molecule has 0 radical (unpaired) electrons. The fraction of sp³-hybridized carbons (Fsp3) is 0.391. The van der Waals surface area contributed by atoms with Gasteiger partial charge in [-0.1, -0.05) is 18.6 Å². The summed E-state index contributed by atoms with van der Waals surface area (Å²) in [6.07, 6.45) is 3.23. The van der Waals surface area contributed by atoms with Gasteiger partial charge in [-0.05, 0) is 37.6 Å². The molecule has 170 valence electrons. The number of anilines is 1. The normalized spacial score (nSPS) is 19.9. The van der Waals surface area contributed by atoms with Crippen molar-refractivity contribution in [1.29, 1.82) is 0 Å². The summed E-state index contributed by atoms with van der Waals surface area (Å²) in [5.41, 5.74) is 1.01. The van der Waals surface area contributed by atoms with E-state index in [9.17, 15) is 18.4 Å². The molecule has 0 aliphatic carbocycles. The van der Waals surface area contributed by atoms with Crippen LogP contribution in [0, 0.1) is 11.6 Å². The summed E-state index contributed by atoms with van der Waals surface area (Å²) in [6, 6.07) is 7.94. The van der Waals surface area contributed by atoms with E-state index in [1.165, 1.54) is 6.07 Å². The van der Waals surface area contributed by atoms with Crippen molar-refractivity contribution in [3.05, 3.63) is 59.2 Å². The molecule has 2 aromatic carbocycles. The maximum Gasteiger partial charge on any atom is 0.407 e. The minimum absolute atomic E-state index is 0.122. The van der Waals surface area contributed by atoms with Crippen molar-refractivity contribution >= 4 is 17.7 Å².